The lowest BCUT2D eigenvalue weighted by Gasteiger charge is -2.04. The van der Waals surface area contributed by atoms with Gasteiger partial charge in [0, 0.05) is 15.4 Å². The summed E-state index contributed by atoms with van der Waals surface area (Å²) in [4.78, 5) is 11.5. The first-order chi connectivity index (χ1) is 9.65. The predicted octanol–water partition coefficient (Wildman–Crippen LogP) is 4.33. The highest BCUT2D eigenvalue weighted by molar-refractivity contribution is 9.10. The molecule has 0 atom stereocenters. The zero-order valence-electron chi connectivity index (χ0n) is 10.6. The number of aliphatic carboxylic acids is 1. The van der Waals surface area contributed by atoms with Gasteiger partial charge in [0.1, 0.15) is 0 Å². The van der Waals surface area contributed by atoms with Crippen molar-refractivity contribution < 1.29 is 14.6 Å². The molecular formula is C15H13BrO3S. The van der Waals surface area contributed by atoms with E-state index in [1.165, 1.54) is 0 Å². The predicted molar refractivity (Wildman–Crippen MR) is 83.6 cm³/mol. The molecule has 1 heterocycles. The molecule has 2 aromatic rings. The molecule has 5 heteroatoms. The Bertz CT molecular complexity index is 602. The first-order valence-corrected chi connectivity index (χ1v) is 7.62. The van der Waals surface area contributed by atoms with Crippen LogP contribution in [0.25, 0.3) is 6.08 Å². The summed E-state index contributed by atoms with van der Waals surface area (Å²) >= 11 is 4.95. The molecule has 0 amide bonds. The minimum Gasteiger partial charge on any atom is -0.478 e. The van der Waals surface area contributed by atoms with E-state index in [1.54, 1.807) is 17.4 Å². The summed E-state index contributed by atoms with van der Waals surface area (Å²) < 4.78 is 6.71. The van der Waals surface area contributed by atoms with Crippen LogP contribution in [0.4, 0.5) is 0 Å². The molecule has 0 unspecified atom stereocenters. The van der Waals surface area contributed by atoms with Crippen LogP contribution in [-0.4, -0.2) is 11.1 Å². The fourth-order valence-electron chi connectivity index (χ4n) is 1.62. The summed E-state index contributed by atoms with van der Waals surface area (Å²) in [5.41, 5.74) is 2.00. The van der Waals surface area contributed by atoms with Crippen molar-refractivity contribution >= 4 is 39.3 Å². The Kier molecular flexibility index (Phi) is 5.52. The molecule has 1 aromatic carbocycles. The second kappa shape index (κ2) is 7.38. The van der Waals surface area contributed by atoms with E-state index < -0.39 is 5.97 Å². The number of hydrogen-bond donors (Lipinski definition) is 1. The summed E-state index contributed by atoms with van der Waals surface area (Å²) in [7, 11) is 0. The molecule has 0 aliphatic rings. The van der Waals surface area contributed by atoms with Gasteiger partial charge in [-0.25, -0.2) is 4.79 Å². The third-order valence-electron chi connectivity index (χ3n) is 2.60. The maximum absolute atomic E-state index is 10.5. The van der Waals surface area contributed by atoms with E-state index in [-0.39, 0.29) is 0 Å². The largest absolute Gasteiger partial charge is 0.478 e. The van der Waals surface area contributed by atoms with Crippen molar-refractivity contribution in [3.8, 4) is 0 Å². The average molecular weight is 353 g/mol. The summed E-state index contributed by atoms with van der Waals surface area (Å²) in [6.45, 7) is 1.01. The van der Waals surface area contributed by atoms with Crippen LogP contribution < -0.4 is 0 Å². The molecule has 0 saturated carbocycles. The Labute approximate surface area is 129 Å². The number of ether oxygens (including phenoxy) is 1. The molecule has 2 rings (SSSR count). The van der Waals surface area contributed by atoms with Gasteiger partial charge in [0.15, 0.2) is 0 Å². The van der Waals surface area contributed by atoms with Gasteiger partial charge in [0.25, 0.3) is 0 Å². The molecule has 0 radical (unpaired) electrons. The molecule has 3 nitrogen and oxygen atoms in total. The summed E-state index contributed by atoms with van der Waals surface area (Å²) in [6.07, 6.45) is 2.73. The lowest BCUT2D eigenvalue weighted by atomic mass is 10.2. The number of hydrogen-bond acceptors (Lipinski definition) is 3. The summed E-state index contributed by atoms with van der Waals surface area (Å²) in [6, 6.07) is 9.85. The van der Waals surface area contributed by atoms with Gasteiger partial charge in [-0.2, -0.15) is 0 Å². The van der Waals surface area contributed by atoms with Crippen LogP contribution in [0, 0.1) is 0 Å². The molecule has 0 saturated heterocycles. The number of carbonyl (C=O) groups is 1. The van der Waals surface area contributed by atoms with Crippen molar-refractivity contribution in [3.63, 3.8) is 0 Å². The van der Waals surface area contributed by atoms with Crippen molar-refractivity contribution in [1.29, 1.82) is 0 Å². The van der Waals surface area contributed by atoms with Crippen molar-refractivity contribution in [1.82, 2.24) is 0 Å². The SMILES string of the molecule is O=C(O)/C=C/c1ccsc1COCc1ccc(Br)cc1. The minimum absolute atomic E-state index is 0.479. The third kappa shape index (κ3) is 4.59. The van der Waals surface area contributed by atoms with E-state index in [1.807, 2.05) is 35.7 Å². The Balaban J connectivity index is 1.90. The van der Waals surface area contributed by atoms with Gasteiger partial charge in [-0.05, 0) is 40.8 Å². The molecular weight excluding hydrogens is 340 g/mol. The zero-order valence-corrected chi connectivity index (χ0v) is 13.0. The van der Waals surface area contributed by atoms with E-state index in [2.05, 4.69) is 15.9 Å². The minimum atomic E-state index is -0.946. The van der Waals surface area contributed by atoms with Crippen LogP contribution in [-0.2, 0) is 22.7 Å². The molecule has 0 spiro atoms. The lowest BCUT2D eigenvalue weighted by molar-refractivity contribution is -0.131. The van der Waals surface area contributed by atoms with E-state index in [4.69, 9.17) is 9.84 Å². The molecule has 0 aliphatic heterocycles. The third-order valence-corrected chi connectivity index (χ3v) is 4.04. The summed E-state index contributed by atoms with van der Waals surface area (Å²) in [5, 5.41) is 10.6. The highest BCUT2D eigenvalue weighted by Gasteiger charge is 2.03. The highest BCUT2D eigenvalue weighted by Crippen LogP contribution is 2.20. The van der Waals surface area contributed by atoms with Crippen molar-refractivity contribution in [3.05, 3.63) is 62.3 Å². The van der Waals surface area contributed by atoms with E-state index in [0.29, 0.717) is 13.2 Å². The Hall–Kier alpha value is -1.43. The molecule has 0 bridgehead atoms. The van der Waals surface area contributed by atoms with Gasteiger partial charge in [0.05, 0.1) is 13.2 Å². The van der Waals surface area contributed by atoms with Crippen LogP contribution in [0.5, 0.6) is 0 Å². The van der Waals surface area contributed by atoms with Gasteiger partial charge >= 0.3 is 5.97 Å². The number of rotatable bonds is 6. The molecule has 104 valence electrons. The fraction of sp³-hybridized carbons (Fsp3) is 0.133. The average Bonchev–Trinajstić information content (AvgIpc) is 2.86. The van der Waals surface area contributed by atoms with Gasteiger partial charge in [-0.3, -0.25) is 0 Å². The molecule has 1 N–H and O–H groups in total. The Morgan fingerprint density at radius 3 is 2.70 bits per heavy atom. The van der Waals surface area contributed by atoms with Crippen molar-refractivity contribution in [2.75, 3.05) is 0 Å². The first kappa shape index (κ1) is 15.0. The van der Waals surface area contributed by atoms with Gasteiger partial charge < -0.3 is 9.84 Å². The topological polar surface area (TPSA) is 46.5 Å². The van der Waals surface area contributed by atoms with Crippen LogP contribution in [0.2, 0.25) is 0 Å². The fourth-order valence-corrected chi connectivity index (χ4v) is 2.69. The highest BCUT2D eigenvalue weighted by atomic mass is 79.9. The van der Waals surface area contributed by atoms with Gasteiger partial charge in [-0.1, -0.05) is 28.1 Å². The second-order valence-corrected chi connectivity index (χ2v) is 6.01. The maximum Gasteiger partial charge on any atom is 0.328 e. The molecule has 0 aliphatic carbocycles. The Morgan fingerprint density at radius 1 is 1.25 bits per heavy atom. The summed E-state index contributed by atoms with van der Waals surface area (Å²) in [5.74, 6) is -0.946. The first-order valence-electron chi connectivity index (χ1n) is 5.95. The molecule has 0 fully saturated rings. The van der Waals surface area contributed by atoms with Crippen LogP contribution >= 0.6 is 27.3 Å². The van der Waals surface area contributed by atoms with Crippen LogP contribution in [0.15, 0.2) is 46.3 Å². The number of benzene rings is 1. The van der Waals surface area contributed by atoms with Crippen LogP contribution in [0.3, 0.4) is 0 Å². The van der Waals surface area contributed by atoms with Crippen LogP contribution in [0.1, 0.15) is 16.0 Å². The zero-order chi connectivity index (χ0) is 14.4. The number of carboxylic acids is 1. The van der Waals surface area contributed by atoms with Crippen molar-refractivity contribution in [2.24, 2.45) is 0 Å². The normalized spacial score (nSPS) is 11.1. The second-order valence-electron chi connectivity index (χ2n) is 4.09. The van der Waals surface area contributed by atoms with Crippen molar-refractivity contribution in [2.45, 2.75) is 13.2 Å². The Morgan fingerprint density at radius 2 is 2.00 bits per heavy atom. The number of thiophene rings is 1. The lowest BCUT2D eigenvalue weighted by Crippen LogP contribution is -1.94. The monoisotopic (exact) mass is 352 g/mol. The molecule has 20 heavy (non-hydrogen) atoms. The van der Waals surface area contributed by atoms with Gasteiger partial charge in [0.2, 0.25) is 0 Å². The smallest absolute Gasteiger partial charge is 0.328 e. The number of carboxylic acid groups (broad SMARTS) is 1. The van der Waals surface area contributed by atoms with E-state index in [9.17, 15) is 4.79 Å². The number of halogens is 1. The van der Waals surface area contributed by atoms with Gasteiger partial charge in [-0.15, -0.1) is 11.3 Å². The maximum atomic E-state index is 10.5. The van der Waals surface area contributed by atoms with E-state index >= 15 is 0 Å². The standard InChI is InChI=1S/C15H13BrO3S/c16-13-4-1-11(2-5-13)9-19-10-14-12(7-8-20-14)3-6-15(17)18/h1-8H,9-10H2,(H,17,18)/b6-3+. The molecule has 1 aromatic heterocycles. The quantitative estimate of drug-likeness (QED) is 0.787. The van der Waals surface area contributed by atoms with E-state index in [0.717, 1.165) is 26.6 Å².